The summed E-state index contributed by atoms with van der Waals surface area (Å²) < 4.78 is 14.2. The Morgan fingerprint density at radius 2 is 1.62 bits per heavy atom. The van der Waals surface area contributed by atoms with Crippen LogP contribution in [0, 0.1) is 11.7 Å². The van der Waals surface area contributed by atoms with Crippen molar-refractivity contribution in [2.45, 2.75) is 32.2 Å². The maximum Gasteiger partial charge on any atom is 0.128 e. The van der Waals surface area contributed by atoms with Gasteiger partial charge in [0.25, 0.3) is 0 Å². The van der Waals surface area contributed by atoms with Crippen LogP contribution in [0.15, 0.2) is 54.6 Å². The fourth-order valence-corrected chi connectivity index (χ4v) is 3.03. The molecule has 2 aromatic rings. The van der Waals surface area contributed by atoms with Crippen molar-refractivity contribution < 1.29 is 4.39 Å². The smallest absolute Gasteiger partial charge is 0.128 e. The normalized spacial score (nSPS) is 15.4. The molecule has 1 nitrogen and oxygen atoms in total. The van der Waals surface area contributed by atoms with Gasteiger partial charge in [0.2, 0.25) is 0 Å². The number of nitrogens with one attached hydrogen (secondary N) is 1. The second-order valence-corrected chi connectivity index (χ2v) is 5.61. The van der Waals surface area contributed by atoms with Crippen molar-refractivity contribution >= 4 is 0 Å². The summed E-state index contributed by atoms with van der Waals surface area (Å²) >= 11 is 0. The molecule has 3 unspecified atom stereocenters. The summed E-state index contributed by atoms with van der Waals surface area (Å²) in [5.41, 5.74) is 2.00. The number of benzene rings is 2. The van der Waals surface area contributed by atoms with E-state index < -0.39 is 0 Å². The lowest BCUT2D eigenvalue weighted by molar-refractivity contribution is 0.347. The predicted molar refractivity (Wildman–Crippen MR) is 86.8 cm³/mol. The number of rotatable bonds is 6. The molecule has 0 radical (unpaired) electrons. The molecular formula is C19H24FN. The third-order valence-electron chi connectivity index (χ3n) is 4.35. The third-order valence-corrected chi connectivity index (χ3v) is 4.35. The first-order valence-corrected chi connectivity index (χ1v) is 7.65. The van der Waals surface area contributed by atoms with E-state index in [1.54, 1.807) is 12.1 Å². The molecule has 2 heteroatoms. The molecule has 0 saturated heterocycles. The van der Waals surface area contributed by atoms with Gasteiger partial charge in [0.1, 0.15) is 5.82 Å². The fourth-order valence-electron chi connectivity index (χ4n) is 3.03. The number of hydrogen-bond donors (Lipinski definition) is 1. The van der Waals surface area contributed by atoms with E-state index in [9.17, 15) is 4.39 Å². The quantitative estimate of drug-likeness (QED) is 0.794. The van der Waals surface area contributed by atoms with Crippen molar-refractivity contribution in [3.05, 3.63) is 71.5 Å². The van der Waals surface area contributed by atoms with Crippen molar-refractivity contribution in [2.24, 2.45) is 5.92 Å². The average Bonchev–Trinajstić information content (AvgIpc) is 2.53. The summed E-state index contributed by atoms with van der Waals surface area (Å²) in [7, 11) is 1.91. The number of halogens is 1. The third kappa shape index (κ3) is 3.51. The van der Waals surface area contributed by atoms with Crippen molar-refractivity contribution in [1.29, 1.82) is 0 Å². The Labute approximate surface area is 127 Å². The van der Waals surface area contributed by atoms with Crippen molar-refractivity contribution in [3.63, 3.8) is 0 Å². The SMILES string of the molecule is CCC(C)C(c1ccccc1)C(NC)c1ccccc1F. The van der Waals surface area contributed by atoms with Crippen LogP contribution in [0.3, 0.4) is 0 Å². The molecule has 2 aromatic carbocycles. The van der Waals surface area contributed by atoms with Gasteiger partial charge in [0.05, 0.1) is 0 Å². The lowest BCUT2D eigenvalue weighted by Gasteiger charge is -2.32. The molecule has 2 rings (SSSR count). The molecule has 0 fully saturated rings. The highest BCUT2D eigenvalue weighted by molar-refractivity contribution is 5.29. The molecule has 3 atom stereocenters. The number of hydrogen-bond acceptors (Lipinski definition) is 1. The van der Waals surface area contributed by atoms with Crippen molar-refractivity contribution in [2.75, 3.05) is 7.05 Å². The minimum absolute atomic E-state index is 0.0245. The maximum atomic E-state index is 14.2. The Bertz CT molecular complexity index is 553. The van der Waals surface area contributed by atoms with E-state index in [1.807, 2.05) is 25.2 Å². The maximum absolute atomic E-state index is 14.2. The molecule has 0 aliphatic rings. The molecule has 0 spiro atoms. The van der Waals surface area contributed by atoms with E-state index in [0.717, 1.165) is 12.0 Å². The van der Waals surface area contributed by atoms with E-state index in [-0.39, 0.29) is 17.8 Å². The monoisotopic (exact) mass is 285 g/mol. The van der Waals surface area contributed by atoms with Crippen molar-refractivity contribution in [1.82, 2.24) is 5.32 Å². The minimum atomic E-state index is -0.138. The summed E-state index contributed by atoms with van der Waals surface area (Å²) in [6.45, 7) is 4.43. The fraction of sp³-hybridized carbons (Fsp3) is 0.368. The highest BCUT2D eigenvalue weighted by Crippen LogP contribution is 2.38. The van der Waals surface area contributed by atoms with E-state index in [2.05, 4.69) is 43.4 Å². The largest absolute Gasteiger partial charge is 0.312 e. The molecule has 1 N–H and O–H groups in total. The lowest BCUT2D eigenvalue weighted by Crippen LogP contribution is -2.28. The van der Waals surface area contributed by atoms with Crippen LogP contribution in [-0.4, -0.2) is 7.05 Å². The van der Waals surface area contributed by atoms with E-state index in [1.165, 1.54) is 5.56 Å². The zero-order chi connectivity index (χ0) is 15.2. The molecule has 0 amide bonds. The Balaban J connectivity index is 2.46. The van der Waals surface area contributed by atoms with Crippen LogP contribution in [0.5, 0.6) is 0 Å². The first-order valence-electron chi connectivity index (χ1n) is 7.65. The van der Waals surface area contributed by atoms with Crippen LogP contribution < -0.4 is 5.32 Å². The van der Waals surface area contributed by atoms with Crippen LogP contribution in [0.2, 0.25) is 0 Å². The summed E-state index contributed by atoms with van der Waals surface area (Å²) in [4.78, 5) is 0. The van der Waals surface area contributed by atoms with Gasteiger partial charge in [-0.15, -0.1) is 0 Å². The van der Waals surface area contributed by atoms with Crippen LogP contribution in [0.1, 0.15) is 43.4 Å². The lowest BCUT2D eigenvalue weighted by atomic mass is 9.77. The topological polar surface area (TPSA) is 12.0 Å². The van der Waals surface area contributed by atoms with Gasteiger partial charge in [-0.05, 0) is 24.6 Å². The Hall–Kier alpha value is -1.67. The second kappa shape index (κ2) is 7.37. The average molecular weight is 285 g/mol. The van der Waals surface area contributed by atoms with Gasteiger partial charge in [0.15, 0.2) is 0 Å². The molecule has 21 heavy (non-hydrogen) atoms. The second-order valence-electron chi connectivity index (χ2n) is 5.61. The van der Waals surface area contributed by atoms with Crippen LogP contribution in [0.4, 0.5) is 4.39 Å². The van der Waals surface area contributed by atoms with Gasteiger partial charge in [0, 0.05) is 17.5 Å². The first kappa shape index (κ1) is 15.7. The molecule has 0 saturated carbocycles. The van der Waals surface area contributed by atoms with Gasteiger partial charge >= 0.3 is 0 Å². The van der Waals surface area contributed by atoms with Crippen LogP contribution >= 0.6 is 0 Å². The zero-order valence-corrected chi connectivity index (χ0v) is 13.0. The van der Waals surface area contributed by atoms with Gasteiger partial charge in [-0.25, -0.2) is 4.39 Å². The van der Waals surface area contributed by atoms with E-state index in [4.69, 9.17) is 0 Å². The molecule has 0 aliphatic heterocycles. The molecule has 0 bridgehead atoms. The molecule has 112 valence electrons. The predicted octanol–water partition coefficient (Wildman–Crippen LogP) is 4.92. The summed E-state index contributed by atoms with van der Waals surface area (Å²) in [5.74, 6) is 0.573. The Morgan fingerprint density at radius 3 is 2.19 bits per heavy atom. The molecule has 0 aliphatic carbocycles. The Morgan fingerprint density at radius 1 is 1.00 bits per heavy atom. The van der Waals surface area contributed by atoms with E-state index in [0.29, 0.717) is 5.92 Å². The summed E-state index contributed by atoms with van der Waals surface area (Å²) in [5, 5.41) is 3.33. The Kier molecular flexibility index (Phi) is 5.51. The summed E-state index contributed by atoms with van der Waals surface area (Å²) in [6.07, 6.45) is 1.06. The van der Waals surface area contributed by atoms with Gasteiger partial charge in [-0.1, -0.05) is 68.8 Å². The van der Waals surface area contributed by atoms with Crippen molar-refractivity contribution in [3.8, 4) is 0 Å². The number of likely N-dealkylation sites (N-methyl/N-ethyl adjacent to an activating group) is 1. The van der Waals surface area contributed by atoms with Crippen LogP contribution in [0.25, 0.3) is 0 Å². The highest BCUT2D eigenvalue weighted by atomic mass is 19.1. The van der Waals surface area contributed by atoms with Gasteiger partial charge in [-0.2, -0.15) is 0 Å². The highest BCUT2D eigenvalue weighted by Gasteiger charge is 2.29. The zero-order valence-electron chi connectivity index (χ0n) is 13.0. The molecular weight excluding hydrogens is 261 g/mol. The van der Waals surface area contributed by atoms with Gasteiger partial charge < -0.3 is 5.32 Å². The van der Waals surface area contributed by atoms with Gasteiger partial charge in [-0.3, -0.25) is 0 Å². The molecule has 0 aromatic heterocycles. The molecule has 0 heterocycles. The van der Waals surface area contributed by atoms with Crippen LogP contribution in [-0.2, 0) is 0 Å². The summed E-state index contributed by atoms with van der Waals surface area (Å²) in [6, 6.07) is 17.5. The van der Waals surface area contributed by atoms with E-state index >= 15 is 0 Å². The minimum Gasteiger partial charge on any atom is -0.312 e. The first-order chi connectivity index (χ1) is 10.2. The standard InChI is InChI=1S/C19H24FN/c1-4-14(2)18(15-10-6-5-7-11-15)19(21-3)16-12-8-9-13-17(16)20/h5-14,18-19,21H,4H2,1-3H3.